The van der Waals surface area contributed by atoms with Crippen molar-refractivity contribution in [2.24, 2.45) is 12.8 Å². The van der Waals surface area contributed by atoms with Crippen LogP contribution in [0.2, 0.25) is 0 Å². The van der Waals surface area contributed by atoms with E-state index < -0.39 is 5.91 Å². The third kappa shape index (κ3) is 1.95. The Hall–Kier alpha value is -2.96. The maximum atomic E-state index is 11.6. The Morgan fingerprint density at radius 2 is 2.05 bits per heavy atom. The average Bonchev–Trinajstić information content (AvgIpc) is 2.85. The highest BCUT2D eigenvalue weighted by Gasteiger charge is 2.09. The van der Waals surface area contributed by atoms with E-state index in [9.17, 15) is 9.59 Å². The lowest BCUT2D eigenvalue weighted by molar-refractivity contribution is 0.0995. The number of hydrogen-bond acceptors (Lipinski definition) is 4. The maximum absolute atomic E-state index is 11.6. The number of pyridine rings is 1. The van der Waals surface area contributed by atoms with Gasteiger partial charge in [-0.15, -0.1) is 0 Å². The van der Waals surface area contributed by atoms with Crippen LogP contribution in [0.15, 0.2) is 41.5 Å². The van der Waals surface area contributed by atoms with E-state index in [0.29, 0.717) is 16.9 Å². The minimum absolute atomic E-state index is 0.115. The van der Waals surface area contributed by atoms with Crippen LogP contribution in [0.4, 0.5) is 0 Å². The van der Waals surface area contributed by atoms with Crippen LogP contribution in [0.25, 0.3) is 16.9 Å². The third-order valence-electron chi connectivity index (χ3n) is 2.98. The van der Waals surface area contributed by atoms with Gasteiger partial charge in [0.05, 0.1) is 5.69 Å². The van der Waals surface area contributed by atoms with Crippen molar-refractivity contribution in [2.45, 2.75) is 0 Å². The number of rotatable bonds is 2. The number of amides is 1. The maximum Gasteiger partial charge on any atom is 0.269 e. The Labute approximate surface area is 113 Å². The standard InChI is InChI=1S/C13H11N5O2/c1-17-4-2-8(6-12(17)19)9-3-5-18-11(15-9)7-10(16-18)13(14)20/h2-7H,1H3,(H2,14,20). The van der Waals surface area contributed by atoms with Gasteiger partial charge in [0, 0.05) is 37.1 Å². The molecule has 2 N–H and O–H groups in total. The van der Waals surface area contributed by atoms with Crippen molar-refractivity contribution in [3.8, 4) is 11.3 Å². The Morgan fingerprint density at radius 3 is 2.75 bits per heavy atom. The number of primary amides is 1. The number of nitrogens with two attached hydrogens (primary N) is 1. The van der Waals surface area contributed by atoms with Gasteiger partial charge in [-0.1, -0.05) is 0 Å². The molecule has 3 aromatic heterocycles. The summed E-state index contributed by atoms with van der Waals surface area (Å²) in [7, 11) is 1.68. The Balaban J connectivity index is 2.14. The van der Waals surface area contributed by atoms with Crippen molar-refractivity contribution in [1.82, 2.24) is 19.2 Å². The molecule has 3 aromatic rings. The number of aryl methyl sites for hydroxylation is 1. The van der Waals surface area contributed by atoms with Crippen molar-refractivity contribution in [3.05, 3.63) is 52.7 Å². The molecule has 0 aliphatic carbocycles. The summed E-state index contributed by atoms with van der Waals surface area (Å²) < 4.78 is 2.94. The van der Waals surface area contributed by atoms with Gasteiger partial charge in [0.25, 0.3) is 11.5 Å². The van der Waals surface area contributed by atoms with E-state index in [4.69, 9.17) is 5.73 Å². The summed E-state index contributed by atoms with van der Waals surface area (Å²) in [6.45, 7) is 0. The zero-order valence-corrected chi connectivity index (χ0v) is 10.6. The molecule has 0 saturated carbocycles. The van der Waals surface area contributed by atoms with Crippen molar-refractivity contribution >= 4 is 11.6 Å². The highest BCUT2D eigenvalue weighted by Crippen LogP contribution is 2.15. The average molecular weight is 269 g/mol. The molecule has 3 rings (SSSR count). The number of carbonyl (C=O) groups excluding carboxylic acids is 1. The molecule has 1 amide bonds. The zero-order chi connectivity index (χ0) is 14.3. The van der Waals surface area contributed by atoms with Gasteiger partial charge in [-0.05, 0) is 12.1 Å². The largest absolute Gasteiger partial charge is 0.364 e. The molecule has 7 nitrogen and oxygen atoms in total. The van der Waals surface area contributed by atoms with E-state index in [2.05, 4.69) is 10.1 Å². The fourth-order valence-corrected chi connectivity index (χ4v) is 1.87. The van der Waals surface area contributed by atoms with E-state index in [1.807, 2.05) is 0 Å². The number of carbonyl (C=O) groups is 1. The van der Waals surface area contributed by atoms with E-state index in [-0.39, 0.29) is 11.3 Å². The van der Waals surface area contributed by atoms with Crippen LogP contribution in [-0.2, 0) is 7.05 Å². The second-order valence-electron chi connectivity index (χ2n) is 4.37. The summed E-state index contributed by atoms with van der Waals surface area (Å²) in [5.41, 5.74) is 7.05. The fraction of sp³-hybridized carbons (Fsp3) is 0.0769. The molecule has 0 atom stereocenters. The molecular weight excluding hydrogens is 258 g/mol. The first-order chi connectivity index (χ1) is 9.54. The summed E-state index contributed by atoms with van der Waals surface area (Å²) in [5, 5.41) is 3.99. The number of aromatic nitrogens is 4. The predicted octanol–water partition coefficient (Wildman–Crippen LogP) is 0.194. The van der Waals surface area contributed by atoms with Gasteiger partial charge in [-0.25, -0.2) is 9.50 Å². The molecule has 100 valence electrons. The summed E-state index contributed by atoms with van der Waals surface area (Å²) in [5.74, 6) is -0.606. The van der Waals surface area contributed by atoms with Crippen molar-refractivity contribution in [2.75, 3.05) is 0 Å². The number of hydrogen-bond donors (Lipinski definition) is 1. The molecule has 7 heteroatoms. The molecule has 3 heterocycles. The predicted molar refractivity (Wildman–Crippen MR) is 72.2 cm³/mol. The SMILES string of the molecule is Cn1ccc(-c2ccn3nc(C(N)=O)cc3n2)cc1=O. The van der Waals surface area contributed by atoms with Gasteiger partial charge in [0.15, 0.2) is 11.3 Å². The Morgan fingerprint density at radius 1 is 1.25 bits per heavy atom. The smallest absolute Gasteiger partial charge is 0.269 e. The van der Waals surface area contributed by atoms with E-state index in [1.54, 1.807) is 31.6 Å². The topological polar surface area (TPSA) is 95.3 Å². The summed E-state index contributed by atoms with van der Waals surface area (Å²) in [6, 6.07) is 6.53. The van der Waals surface area contributed by atoms with Gasteiger partial charge in [0.1, 0.15) is 0 Å². The lowest BCUT2D eigenvalue weighted by atomic mass is 10.2. The second kappa shape index (κ2) is 4.30. The molecule has 0 aromatic carbocycles. The minimum atomic E-state index is -0.606. The molecular formula is C13H11N5O2. The summed E-state index contributed by atoms with van der Waals surface area (Å²) >= 11 is 0. The third-order valence-corrected chi connectivity index (χ3v) is 2.98. The Kier molecular flexibility index (Phi) is 2.60. The molecule has 0 bridgehead atoms. The molecule has 0 radical (unpaired) electrons. The Bertz CT molecular complexity index is 878. The van der Waals surface area contributed by atoms with E-state index >= 15 is 0 Å². The molecule has 0 fully saturated rings. The highest BCUT2D eigenvalue weighted by molar-refractivity contribution is 5.91. The van der Waals surface area contributed by atoms with Crippen molar-refractivity contribution in [1.29, 1.82) is 0 Å². The lowest BCUT2D eigenvalue weighted by Gasteiger charge is -2.02. The molecule has 20 heavy (non-hydrogen) atoms. The fourth-order valence-electron chi connectivity index (χ4n) is 1.87. The number of fused-ring (bicyclic) bond motifs is 1. The van der Waals surface area contributed by atoms with E-state index in [1.165, 1.54) is 21.2 Å². The molecule has 0 aliphatic heterocycles. The van der Waals surface area contributed by atoms with Crippen LogP contribution in [0.5, 0.6) is 0 Å². The van der Waals surface area contributed by atoms with Gasteiger partial charge in [-0.3, -0.25) is 9.59 Å². The van der Waals surface area contributed by atoms with Gasteiger partial charge in [0.2, 0.25) is 0 Å². The molecule has 0 unspecified atom stereocenters. The zero-order valence-electron chi connectivity index (χ0n) is 10.6. The van der Waals surface area contributed by atoms with Crippen LogP contribution in [0, 0.1) is 0 Å². The molecule has 0 spiro atoms. The van der Waals surface area contributed by atoms with Crippen molar-refractivity contribution in [3.63, 3.8) is 0 Å². The lowest BCUT2D eigenvalue weighted by Crippen LogP contribution is -2.14. The first kappa shape index (κ1) is 12.1. The minimum Gasteiger partial charge on any atom is -0.364 e. The molecule has 0 aliphatic rings. The summed E-state index contributed by atoms with van der Waals surface area (Å²) in [6.07, 6.45) is 3.34. The summed E-state index contributed by atoms with van der Waals surface area (Å²) in [4.78, 5) is 27.1. The first-order valence-electron chi connectivity index (χ1n) is 5.88. The normalized spacial score (nSPS) is 10.8. The monoisotopic (exact) mass is 269 g/mol. The van der Waals surface area contributed by atoms with Crippen LogP contribution >= 0.6 is 0 Å². The van der Waals surface area contributed by atoms with Crippen LogP contribution < -0.4 is 11.3 Å². The second-order valence-corrected chi connectivity index (χ2v) is 4.37. The van der Waals surface area contributed by atoms with E-state index in [0.717, 1.165) is 0 Å². The van der Waals surface area contributed by atoms with Crippen LogP contribution in [-0.4, -0.2) is 25.1 Å². The molecule has 0 saturated heterocycles. The highest BCUT2D eigenvalue weighted by atomic mass is 16.1. The first-order valence-corrected chi connectivity index (χ1v) is 5.88. The van der Waals surface area contributed by atoms with Gasteiger partial charge in [-0.2, -0.15) is 5.10 Å². The van der Waals surface area contributed by atoms with Gasteiger partial charge >= 0.3 is 0 Å². The van der Waals surface area contributed by atoms with Crippen LogP contribution in [0.1, 0.15) is 10.5 Å². The quantitative estimate of drug-likeness (QED) is 0.718. The van der Waals surface area contributed by atoms with Crippen LogP contribution in [0.3, 0.4) is 0 Å². The number of nitrogens with zero attached hydrogens (tertiary/aromatic N) is 4. The van der Waals surface area contributed by atoms with Gasteiger partial charge < -0.3 is 10.3 Å². The van der Waals surface area contributed by atoms with Crippen molar-refractivity contribution < 1.29 is 4.79 Å².